The molecule has 1 aliphatic rings. The number of nitrogens with zero attached hydrogens (tertiary/aromatic N) is 1. The number of benzene rings is 1. The predicted molar refractivity (Wildman–Crippen MR) is 98.0 cm³/mol. The molecule has 1 fully saturated rings. The molecular weight excluding hydrogens is 320 g/mol. The van der Waals surface area contributed by atoms with Crippen molar-refractivity contribution in [3.63, 3.8) is 0 Å². The van der Waals surface area contributed by atoms with Crippen LogP contribution in [0.2, 0.25) is 0 Å². The molecule has 0 bridgehead atoms. The first-order chi connectivity index (χ1) is 11.5. The Bertz CT molecular complexity index is 664. The van der Waals surface area contributed by atoms with Crippen LogP contribution in [0.5, 0.6) is 0 Å². The Hall–Kier alpha value is -1.49. The van der Waals surface area contributed by atoms with E-state index in [-0.39, 0.29) is 12.1 Å². The Balaban J connectivity index is 1.56. The predicted octanol–water partition coefficient (Wildman–Crippen LogP) is 4.66. The van der Waals surface area contributed by atoms with E-state index in [1.807, 2.05) is 24.3 Å². The topological polar surface area (TPSA) is 55.0 Å². The van der Waals surface area contributed by atoms with Crippen molar-refractivity contribution in [3.05, 3.63) is 24.3 Å². The van der Waals surface area contributed by atoms with Gasteiger partial charge in [-0.3, -0.25) is 4.79 Å². The lowest BCUT2D eigenvalue weighted by Crippen LogP contribution is -2.36. The number of ether oxygens (including phenoxy) is 1. The lowest BCUT2D eigenvalue weighted by atomic mass is 9.75. The smallest absolute Gasteiger partial charge is 0.316 e. The van der Waals surface area contributed by atoms with Gasteiger partial charge >= 0.3 is 5.97 Å². The van der Waals surface area contributed by atoms with Gasteiger partial charge in [-0.05, 0) is 42.7 Å². The number of H-pyrrole nitrogens is 1. The number of carbonyl (C=O) groups excluding carboxylic acids is 1. The Kier molecular flexibility index (Phi) is 5.49. The van der Waals surface area contributed by atoms with Crippen molar-refractivity contribution in [1.82, 2.24) is 9.97 Å². The molecule has 3 rings (SSSR count). The minimum atomic E-state index is -0.134. The van der Waals surface area contributed by atoms with Gasteiger partial charge in [-0.1, -0.05) is 51.1 Å². The molecule has 0 radical (unpaired) electrons. The largest absolute Gasteiger partial charge is 0.461 e. The summed E-state index contributed by atoms with van der Waals surface area (Å²) in [7, 11) is 0. The summed E-state index contributed by atoms with van der Waals surface area (Å²) < 4.78 is 5.83. The second-order valence-corrected chi connectivity index (χ2v) is 8.17. The van der Waals surface area contributed by atoms with Crippen LogP contribution in [0.15, 0.2) is 29.4 Å². The van der Waals surface area contributed by atoms with Crippen LogP contribution in [0.3, 0.4) is 0 Å². The van der Waals surface area contributed by atoms with Crippen molar-refractivity contribution < 1.29 is 9.53 Å². The number of thioether (sulfide) groups is 1. The summed E-state index contributed by atoms with van der Waals surface area (Å²) in [4.78, 5) is 20.0. The molecule has 1 aliphatic carbocycles. The van der Waals surface area contributed by atoms with Crippen molar-refractivity contribution in [1.29, 1.82) is 0 Å². The maximum atomic E-state index is 12.3. The highest BCUT2D eigenvalue weighted by Crippen LogP contribution is 2.35. The van der Waals surface area contributed by atoms with E-state index in [1.165, 1.54) is 18.2 Å². The fraction of sp³-hybridized carbons (Fsp3) is 0.579. The zero-order valence-electron chi connectivity index (χ0n) is 14.6. The number of hydrogen-bond donors (Lipinski definition) is 1. The number of esters is 1. The van der Waals surface area contributed by atoms with Crippen LogP contribution in [-0.4, -0.2) is 27.8 Å². The summed E-state index contributed by atoms with van der Waals surface area (Å²) in [6.45, 7) is 6.70. The van der Waals surface area contributed by atoms with Crippen molar-refractivity contribution >= 4 is 28.8 Å². The maximum absolute atomic E-state index is 12.3. The van der Waals surface area contributed by atoms with E-state index in [2.05, 4.69) is 30.7 Å². The Morgan fingerprint density at radius 3 is 2.92 bits per heavy atom. The van der Waals surface area contributed by atoms with Crippen molar-refractivity contribution in [3.8, 4) is 0 Å². The van der Waals surface area contributed by atoms with E-state index in [9.17, 15) is 4.79 Å². The van der Waals surface area contributed by atoms with Crippen molar-refractivity contribution in [2.45, 2.75) is 51.3 Å². The van der Waals surface area contributed by atoms with E-state index in [0.717, 1.165) is 29.0 Å². The van der Waals surface area contributed by atoms with Gasteiger partial charge in [0, 0.05) is 0 Å². The lowest BCUT2D eigenvalue weighted by molar-refractivity contribution is -0.152. The normalized spacial score (nSPS) is 24.4. The van der Waals surface area contributed by atoms with E-state index in [0.29, 0.717) is 23.5 Å². The van der Waals surface area contributed by atoms with Gasteiger partial charge in [0.25, 0.3) is 0 Å². The first-order valence-electron chi connectivity index (χ1n) is 8.80. The summed E-state index contributed by atoms with van der Waals surface area (Å²) in [6, 6.07) is 7.88. The van der Waals surface area contributed by atoms with E-state index < -0.39 is 0 Å². The number of fused-ring (bicyclic) bond motifs is 1. The second kappa shape index (κ2) is 7.60. The van der Waals surface area contributed by atoms with Gasteiger partial charge in [0.1, 0.15) is 6.10 Å². The molecule has 0 spiro atoms. The molecule has 4 nitrogen and oxygen atoms in total. The molecule has 1 saturated carbocycles. The highest BCUT2D eigenvalue weighted by molar-refractivity contribution is 7.99. The Labute approximate surface area is 147 Å². The zero-order chi connectivity index (χ0) is 17.1. The van der Waals surface area contributed by atoms with Gasteiger partial charge in [-0.15, -0.1) is 0 Å². The molecule has 3 atom stereocenters. The Morgan fingerprint density at radius 1 is 1.38 bits per heavy atom. The number of aromatic nitrogens is 2. The minimum Gasteiger partial charge on any atom is -0.461 e. The Morgan fingerprint density at radius 2 is 2.17 bits per heavy atom. The fourth-order valence-electron chi connectivity index (χ4n) is 3.58. The quantitative estimate of drug-likeness (QED) is 0.632. The monoisotopic (exact) mass is 346 g/mol. The molecule has 0 aliphatic heterocycles. The molecule has 0 unspecified atom stereocenters. The molecule has 24 heavy (non-hydrogen) atoms. The maximum Gasteiger partial charge on any atom is 0.316 e. The van der Waals surface area contributed by atoms with Crippen molar-refractivity contribution in [2.75, 3.05) is 5.75 Å². The third kappa shape index (κ3) is 4.12. The third-order valence-corrected chi connectivity index (χ3v) is 5.79. The molecule has 0 amide bonds. The van der Waals surface area contributed by atoms with Gasteiger partial charge in [0.05, 0.1) is 16.8 Å². The van der Waals surface area contributed by atoms with Gasteiger partial charge in [0.15, 0.2) is 5.16 Å². The van der Waals surface area contributed by atoms with Gasteiger partial charge < -0.3 is 9.72 Å². The van der Waals surface area contributed by atoms with Gasteiger partial charge in [0.2, 0.25) is 0 Å². The van der Waals surface area contributed by atoms with Crippen LogP contribution in [0.4, 0.5) is 0 Å². The lowest BCUT2D eigenvalue weighted by Gasteiger charge is -2.36. The highest BCUT2D eigenvalue weighted by Gasteiger charge is 2.33. The number of para-hydroxylation sites is 2. The standard InChI is InChI=1S/C19H26N2O2S/c1-12(2)14-9-8-13(3)10-17(14)23-18(22)11-24-19-20-15-6-4-5-7-16(15)21-19/h4-7,12-14,17H,8-11H2,1-3H3,(H,20,21)/t13-,14+,17-/m0/s1. The molecular formula is C19H26N2O2S. The van der Waals surface area contributed by atoms with Gasteiger partial charge in [-0.25, -0.2) is 4.98 Å². The number of aromatic amines is 1. The molecule has 5 heteroatoms. The first kappa shape index (κ1) is 17.3. The summed E-state index contributed by atoms with van der Waals surface area (Å²) in [5.41, 5.74) is 1.92. The van der Waals surface area contributed by atoms with Crippen molar-refractivity contribution in [2.24, 2.45) is 17.8 Å². The van der Waals surface area contributed by atoms with E-state index in [4.69, 9.17) is 4.74 Å². The average Bonchev–Trinajstić information content (AvgIpc) is 2.95. The third-order valence-electron chi connectivity index (χ3n) is 4.94. The molecule has 130 valence electrons. The van der Waals surface area contributed by atoms with Crippen LogP contribution in [-0.2, 0) is 9.53 Å². The van der Waals surface area contributed by atoms with E-state index in [1.54, 1.807) is 0 Å². The minimum absolute atomic E-state index is 0.0672. The summed E-state index contributed by atoms with van der Waals surface area (Å²) in [6.07, 6.45) is 3.46. The molecule has 1 aromatic heterocycles. The summed E-state index contributed by atoms with van der Waals surface area (Å²) >= 11 is 1.41. The summed E-state index contributed by atoms with van der Waals surface area (Å²) in [5.74, 6) is 1.85. The SMILES string of the molecule is CC(C)[C@H]1CC[C@H](C)C[C@@H]1OC(=O)CSc1nc2ccccc2[nH]1. The van der Waals surface area contributed by atoms with Crippen LogP contribution < -0.4 is 0 Å². The number of rotatable bonds is 5. The molecule has 1 aromatic carbocycles. The van der Waals surface area contributed by atoms with E-state index >= 15 is 0 Å². The fourth-order valence-corrected chi connectivity index (χ4v) is 4.25. The van der Waals surface area contributed by atoms with Crippen LogP contribution in [0.1, 0.15) is 40.0 Å². The molecule has 1 N–H and O–H groups in total. The summed E-state index contributed by atoms with van der Waals surface area (Å²) in [5, 5.41) is 0.769. The zero-order valence-corrected chi connectivity index (χ0v) is 15.4. The van der Waals surface area contributed by atoms with Crippen LogP contribution in [0.25, 0.3) is 11.0 Å². The molecule has 1 heterocycles. The van der Waals surface area contributed by atoms with Crippen LogP contribution >= 0.6 is 11.8 Å². The van der Waals surface area contributed by atoms with Gasteiger partial charge in [-0.2, -0.15) is 0 Å². The van der Waals surface area contributed by atoms with Crippen LogP contribution in [0, 0.1) is 17.8 Å². The number of carbonyl (C=O) groups is 1. The number of hydrogen-bond acceptors (Lipinski definition) is 4. The second-order valence-electron chi connectivity index (χ2n) is 7.20. The average molecular weight is 346 g/mol. The highest BCUT2D eigenvalue weighted by atomic mass is 32.2. The first-order valence-corrected chi connectivity index (χ1v) is 9.78. The number of imidazole rings is 1. The molecule has 0 saturated heterocycles. The molecule has 2 aromatic rings. The number of nitrogens with one attached hydrogen (secondary N) is 1.